The van der Waals surface area contributed by atoms with Crippen molar-refractivity contribution < 1.29 is 23.2 Å². The van der Waals surface area contributed by atoms with Gasteiger partial charge >= 0.3 is 5.97 Å². The molecule has 0 amide bonds. The number of hydrogen-bond acceptors (Lipinski definition) is 7. The second-order valence-electron chi connectivity index (χ2n) is 5.99. The number of aromatic nitrogens is 2. The lowest BCUT2D eigenvalue weighted by molar-refractivity contribution is 0.0314. The number of thioether (sulfide) groups is 1. The molecular formula is C20H17FN2O4S. The van der Waals surface area contributed by atoms with Gasteiger partial charge in [0.2, 0.25) is 5.78 Å². The minimum Gasteiger partial charge on any atom is -0.451 e. The van der Waals surface area contributed by atoms with Gasteiger partial charge in [0.05, 0.1) is 11.3 Å². The molecule has 0 N–H and O–H groups in total. The lowest BCUT2D eigenvalue weighted by atomic mass is 10.1. The maximum Gasteiger partial charge on any atom is 0.341 e. The van der Waals surface area contributed by atoms with Crippen LogP contribution in [0.1, 0.15) is 39.1 Å². The Morgan fingerprint density at radius 3 is 2.68 bits per heavy atom. The summed E-state index contributed by atoms with van der Waals surface area (Å²) in [7, 11) is 0. The summed E-state index contributed by atoms with van der Waals surface area (Å²) in [5.74, 6) is -0.345. The first kappa shape index (κ1) is 19.8. The fourth-order valence-electron chi connectivity index (χ4n) is 2.42. The number of ketones is 1. The van der Waals surface area contributed by atoms with Crippen LogP contribution in [0.4, 0.5) is 4.39 Å². The molecular weight excluding hydrogens is 383 g/mol. The predicted octanol–water partition coefficient (Wildman–Crippen LogP) is 4.24. The SMILES string of the molecule is Cc1cc(CSc2ncccc2C(=O)O[C@H](C)C(=O)c2ccc(F)cc2)no1. The van der Waals surface area contributed by atoms with E-state index in [1.54, 1.807) is 31.3 Å². The Morgan fingerprint density at radius 2 is 2.00 bits per heavy atom. The Hall–Kier alpha value is -3.00. The first-order valence-corrected chi connectivity index (χ1v) is 9.43. The van der Waals surface area contributed by atoms with Gasteiger partial charge in [0.25, 0.3) is 0 Å². The van der Waals surface area contributed by atoms with Crippen LogP contribution in [0.3, 0.4) is 0 Å². The summed E-state index contributed by atoms with van der Waals surface area (Å²) in [6, 6.07) is 10.1. The molecule has 1 atom stereocenters. The number of hydrogen-bond donors (Lipinski definition) is 0. The van der Waals surface area contributed by atoms with Crippen molar-refractivity contribution in [1.29, 1.82) is 0 Å². The zero-order valence-electron chi connectivity index (χ0n) is 15.2. The predicted molar refractivity (Wildman–Crippen MR) is 101 cm³/mol. The number of pyridine rings is 1. The highest BCUT2D eigenvalue weighted by atomic mass is 32.2. The molecule has 0 bridgehead atoms. The highest BCUT2D eigenvalue weighted by Crippen LogP contribution is 2.25. The van der Waals surface area contributed by atoms with Gasteiger partial charge in [-0.05, 0) is 50.2 Å². The molecule has 0 saturated carbocycles. The number of carbonyl (C=O) groups excluding carboxylic acids is 2. The van der Waals surface area contributed by atoms with Gasteiger partial charge in [0, 0.05) is 23.6 Å². The van der Waals surface area contributed by atoms with E-state index in [0.29, 0.717) is 16.5 Å². The Kier molecular flexibility index (Phi) is 6.20. The maximum absolute atomic E-state index is 13.0. The van der Waals surface area contributed by atoms with Crippen LogP contribution < -0.4 is 0 Å². The van der Waals surface area contributed by atoms with E-state index in [-0.39, 0.29) is 11.1 Å². The number of nitrogens with zero attached hydrogens (tertiary/aromatic N) is 2. The highest BCUT2D eigenvalue weighted by molar-refractivity contribution is 7.98. The van der Waals surface area contributed by atoms with Crippen molar-refractivity contribution in [2.45, 2.75) is 30.7 Å². The molecule has 0 unspecified atom stereocenters. The van der Waals surface area contributed by atoms with Gasteiger partial charge < -0.3 is 9.26 Å². The molecule has 0 radical (unpaired) electrons. The normalized spacial score (nSPS) is 11.8. The van der Waals surface area contributed by atoms with Gasteiger partial charge in [-0.1, -0.05) is 16.9 Å². The van der Waals surface area contributed by atoms with E-state index in [4.69, 9.17) is 9.26 Å². The Morgan fingerprint density at radius 1 is 1.25 bits per heavy atom. The van der Waals surface area contributed by atoms with Gasteiger partial charge in [-0.3, -0.25) is 4.79 Å². The van der Waals surface area contributed by atoms with Crippen molar-refractivity contribution in [3.05, 3.63) is 77.1 Å². The van der Waals surface area contributed by atoms with Crippen LogP contribution in [0.25, 0.3) is 0 Å². The standard InChI is InChI=1S/C20H17FN2O4S/c1-12-10-16(23-27-12)11-28-19-17(4-3-9-22-19)20(25)26-13(2)18(24)14-5-7-15(21)8-6-14/h3-10,13H,11H2,1-2H3/t13-/m1/s1. The number of Topliss-reactive ketones (excluding diaryl/α,β-unsaturated/α-hetero) is 1. The second-order valence-corrected chi connectivity index (χ2v) is 6.96. The number of ether oxygens (including phenoxy) is 1. The summed E-state index contributed by atoms with van der Waals surface area (Å²) in [5, 5.41) is 4.37. The number of aryl methyl sites for hydroxylation is 1. The number of carbonyl (C=O) groups is 2. The molecule has 2 aromatic heterocycles. The van der Waals surface area contributed by atoms with E-state index in [9.17, 15) is 14.0 Å². The van der Waals surface area contributed by atoms with E-state index in [1.807, 2.05) is 0 Å². The first-order chi connectivity index (χ1) is 13.4. The van der Waals surface area contributed by atoms with Crippen LogP contribution in [-0.4, -0.2) is 28.0 Å². The summed E-state index contributed by atoms with van der Waals surface area (Å²) < 4.78 is 23.3. The summed E-state index contributed by atoms with van der Waals surface area (Å²) in [5.41, 5.74) is 1.25. The first-order valence-electron chi connectivity index (χ1n) is 8.45. The zero-order chi connectivity index (χ0) is 20.1. The summed E-state index contributed by atoms with van der Waals surface area (Å²) in [4.78, 5) is 29.2. The number of halogens is 1. The minimum absolute atomic E-state index is 0.256. The Labute approximate surface area is 165 Å². The van der Waals surface area contributed by atoms with E-state index in [2.05, 4.69) is 10.1 Å². The average molecular weight is 400 g/mol. The van der Waals surface area contributed by atoms with Crippen LogP contribution in [0.2, 0.25) is 0 Å². The van der Waals surface area contributed by atoms with E-state index in [0.717, 1.165) is 5.69 Å². The fraction of sp³-hybridized carbons (Fsp3) is 0.200. The van der Waals surface area contributed by atoms with Gasteiger partial charge in [0.1, 0.15) is 16.6 Å². The second kappa shape index (κ2) is 8.79. The molecule has 0 spiro atoms. The third-order valence-electron chi connectivity index (χ3n) is 3.81. The van der Waals surface area contributed by atoms with Crippen molar-refractivity contribution >= 4 is 23.5 Å². The van der Waals surface area contributed by atoms with Crippen LogP contribution >= 0.6 is 11.8 Å². The van der Waals surface area contributed by atoms with Crippen LogP contribution in [0.15, 0.2) is 58.2 Å². The summed E-state index contributed by atoms with van der Waals surface area (Å²) >= 11 is 1.31. The quantitative estimate of drug-likeness (QED) is 0.333. The van der Waals surface area contributed by atoms with Gasteiger partial charge in [0.15, 0.2) is 6.10 Å². The fourth-order valence-corrected chi connectivity index (χ4v) is 3.28. The van der Waals surface area contributed by atoms with Crippen LogP contribution in [-0.2, 0) is 10.5 Å². The molecule has 144 valence electrons. The van der Waals surface area contributed by atoms with E-state index < -0.39 is 23.7 Å². The third-order valence-corrected chi connectivity index (χ3v) is 4.85. The van der Waals surface area contributed by atoms with E-state index >= 15 is 0 Å². The largest absolute Gasteiger partial charge is 0.451 e. The smallest absolute Gasteiger partial charge is 0.341 e. The molecule has 6 nitrogen and oxygen atoms in total. The number of rotatable bonds is 7. The monoisotopic (exact) mass is 400 g/mol. The minimum atomic E-state index is -1.02. The Bertz CT molecular complexity index is 988. The Balaban J connectivity index is 1.68. The average Bonchev–Trinajstić information content (AvgIpc) is 3.11. The summed E-state index contributed by atoms with van der Waals surface area (Å²) in [6.45, 7) is 3.27. The number of esters is 1. The molecule has 2 heterocycles. The van der Waals surface area contributed by atoms with Gasteiger partial charge in [-0.15, -0.1) is 0 Å². The van der Waals surface area contributed by atoms with Gasteiger partial charge in [-0.2, -0.15) is 0 Å². The topological polar surface area (TPSA) is 82.3 Å². The number of benzene rings is 1. The molecule has 0 fully saturated rings. The van der Waals surface area contributed by atoms with Crippen molar-refractivity contribution in [1.82, 2.24) is 10.1 Å². The van der Waals surface area contributed by atoms with Crippen LogP contribution in [0.5, 0.6) is 0 Å². The molecule has 0 saturated heterocycles. The van der Waals surface area contributed by atoms with Crippen molar-refractivity contribution in [3.8, 4) is 0 Å². The third kappa shape index (κ3) is 4.83. The van der Waals surface area contributed by atoms with Crippen molar-refractivity contribution in [2.24, 2.45) is 0 Å². The van der Waals surface area contributed by atoms with E-state index in [1.165, 1.54) is 43.0 Å². The highest BCUT2D eigenvalue weighted by Gasteiger charge is 2.22. The molecule has 0 aliphatic carbocycles. The van der Waals surface area contributed by atoms with Gasteiger partial charge in [-0.25, -0.2) is 14.2 Å². The molecule has 3 aromatic rings. The molecule has 3 rings (SSSR count). The molecule has 1 aromatic carbocycles. The lowest BCUT2D eigenvalue weighted by Crippen LogP contribution is -2.24. The van der Waals surface area contributed by atoms with Crippen molar-refractivity contribution in [3.63, 3.8) is 0 Å². The van der Waals surface area contributed by atoms with Crippen LogP contribution in [0, 0.1) is 12.7 Å². The summed E-state index contributed by atoms with van der Waals surface area (Å²) in [6.07, 6.45) is 0.550. The molecule has 8 heteroatoms. The van der Waals surface area contributed by atoms with Crippen molar-refractivity contribution in [2.75, 3.05) is 0 Å². The molecule has 0 aliphatic rings. The zero-order valence-corrected chi connectivity index (χ0v) is 16.0. The maximum atomic E-state index is 13.0. The molecule has 28 heavy (non-hydrogen) atoms. The molecule has 0 aliphatic heterocycles. The lowest BCUT2D eigenvalue weighted by Gasteiger charge is -2.13.